The molecule has 7 heteroatoms. The summed E-state index contributed by atoms with van der Waals surface area (Å²) >= 11 is 1.59. The Morgan fingerprint density at radius 3 is 2.96 bits per heavy atom. The summed E-state index contributed by atoms with van der Waals surface area (Å²) in [5, 5.41) is 7.32. The van der Waals surface area contributed by atoms with E-state index in [1.165, 1.54) is 6.42 Å². The first kappa shape index (κ1) is 18.3. The lowest BCUT2D eigenvalue weighted by Crippen LogP contribution is -2.36. The van der Waals surface area contributed by atoms with Crippen LogP contribution in [0.3, 0.4) is 0 Å². The number of hydrazone groups is 1. The molecule has 138 valence electrons. The molecule has 0 radical (unpaired) electrons. The molecule has 0 bridgehead atoms. The average molecular weight is 365 g/mol. The molecule has 25 heavy (non-hydrogen) atoms. The minimum Gasteiger partial charge on any atom is -0.378 e. The maximum atomic E-state index is 12.2. The van der Waals surface area contributed by atoms with Gasteiger partial charge in [-0.1, -0.05) is 20.8 Å². The van der Waals surface area contributed by atoms with Gasteiger partial charge in [0.05, 0.1) is 25.3 Å². The van der Waals surface area contributed by atoms with Crippen molar-refractivity contribution >= 4 is 28.1 Å². The number of aromatic nitrogens is 1. The number of hydrogen-bond acceptors (Lipinski definition) is 6. The van der Waals surface area contributed by atoms with Crippen molar-refractivity contribution < 1.29 is 9.53 Å². The molecule has 1 aromatic rings. The molecule has 0 spiro atoms. The van der Waals surface area contributed by atoms with E-state index in [-0.39, 0.29) is 17.7 Å². The van der Waals surface area contributed by atoms with Gasteiger partial charge in [-0.05, 0) is 30.6 Å². The highest BCUT2D eigenvalue weighted by atomic mass is 32.1. The molecule has 1 saturated heterocycles. The van der Waals surface area contributed by atoms with Crippen LogP contribution in [0.5, 0.6) is 0 Å². The second-order valence-corrected chi connectivity index (χ2v) is 8.80. The Morgan fingerprint density at radius 2 is 2.24 bits per heavy atom. The maximum absolute atomic E-state index is 12.2. The molecule has 3 rings (SSSR count). The molecule has 1 amide bonds. The Balaban J connectivity index is 1.52. The summed E-state index contributed by atoms with van der Waals surface area (Å²) < 4.78 is 5.36. The van der Waals surface area contributed by atoms with Crippen molar-refractivity contribution in [2.75, 3.05) is 31.2 Å². The first-order chi connectivity index (χ1) is 11.9. The molecule has 1 aliphatic carbocycles. The molecular weight excluding hydrogens is 336 g/mol. The number of ether oxygens (including phenoxy) is 1. The van der Waals surface area contributed by atoms with E-state index in [1.807, 2.05) is 5.38 Å². The number of carbonyl (C=O) groups excluding carboxylic acids is 1. The molecule has 2 fully saturated rings. The third-order valence-electron chi connectivity index (χ3n) is 4.67. The van der Waals surface area contributed by atoms with Gasteiger partial charge in [0.2, 0.25) is 5.91 Å². The second kappa shape index (κ2) is 7.83. The molecular formula is C18H28N4O2S. The van der Waals surface area contributed by atoms with Gasteiger partial charge >= 0.3 is 0 Å². The summed E-state index contributed by atoms with van der Waals surface area (Å²) in [6, 6.07) is 0. The zero-order valence-electron chi connectivity index (χ0n) is 15.4. The largest absolute Gasteiger partial charge is 0.378 e. The molecule has 2 heterocycles. The Morgan fingerprint density at radius 1 is 1.48 bits per heavy atom. The van der Waals surface area contributed by atoms with Gasteiger partial charge < -0.3 is 9.64 Å². The monoisotopic (exact) mass is 364 g/mol. The van der Waals surface area contributed by atoms with Gasteiger partial charge in [0.25, 0.3) is 0 Å². The van der Waals surface area contributed by atoms with Gasteiger partial charge in [0, 0.05) is 24.2 Å². The zero-order valence-corrected chi connectivity index (χ0v) is 16.2. The van der Waals surface area contributed by atoms with E-state index in [1.54, 1.807) is 11.3 Å². The van der Waals surface area contributed by atoms with E-state index in [9.17, 15) is 4.79 Å². The van der Waals surface area contributed by atoms with Crippen LogP contribution in [-0.2, 0) is 16.0 Å². The summed E-state index contributed by atoms with van der Waals surface area (Å²) in [6.07, 6.45) is 3.41. The topological polar surface area (TPSA) is 66.8 Å². The second-order valence-electron chi connectivity index (χ2n) is 7.97. The number of nitrogens with zero attached hydrogens (tertiary/aromatic N) is 3. The highest BCUT2D eigenvalue weighted by Crippen LogP contribution is 2.36. The van der Waals surface area contributed by atoms with Crippen LogP contribution in [0.2, 0.25) is 0 Å². The minimum absolute atomic E-state index is 0.0950. The predicted molar refractivity (Wildman–Crippen MR) is 101 cm³/mol. The summed E-state index contributed by atoms with van der Waals surface area (Å²) in [5.41, 5.74) is 4.90. The van der Waals surface area contributed by atoms with Crippen LogP contribution in [0.25, 0.3) is 0 Å². The number of nitrogens with one attached hydrogen (secondary N) is 1. The molecule has 2 aliphatic rings. The molecule has 1 aliphatic heterocycles. The summed E-state index contributed by atoms with van der Waals surface area (Å²) in [7, 11) is 0. The van der Waals surface area contributed by atoms with Crippen molar-refractivity contribution in [3.05, 3.63) is 11.1 Å². The fourth-order valence-electron chi connectivity index (χ4n) is 3.82. The van der Waals surface area contributed by atoms with E-state index in [4.69, 9.17) is 4.74 Å². The predicted octanol–water partition coefficient (Wildman–Crippen LogP) is 2.84. The number of carbonyl (C=O) groups is 1. The van der Waals surface area contributed by atoms with Crippen molar-refractivity contribution in [3.8, 4) is 0 Å². The van der Waals surface area contributed by atoms with Gasteiger partial charge in [0.1, 0.15) is 0 Å². The fourth-order valence-corrected chi connectivity index (χ4v) is 4.70. The van der Waals surface area contributed by atoms with E-state index in [0.29, 0.717) is 5.92 Å². The fraction of sp³-hybridized carbons (Fsp3) is 0.722. The van der Waals surface area contributed by atoms with Gasteiger partial charge in [-0.25, -0.2) is 10.4 Å². The highest BCUT2D eigenvalue weighted by Gasteiger charge is 2.29. The molecule has 1 saturated carbocycles. The van der Waals surface area contributed by atoms with Gasteiger partial charge in [-0.3, -0.25) is 4.79 Å². The third kappa shape index (κ3) is 5.25. The lowest BCUT2D eigenvalue weighted by Gasteiger charge is -2.34. The maximum Gasteiger partial charge on any atom is 0.246 e. The van der Waals surface area contributed by atoms with Crippen LogP contribution in [0.1, 0.15) is 45.7 Å². The Labute approximate surface area is 153 Å². The molecule has 1 atom stereocenters. The van der Waals surface area contributed by atoms with E-state index in [0.717, 1.165) is 55.7 Å². The van der Waals surface area contributed by atoms with Crippen LogP contribution in [-0.4, -0.2) is 42.9 Å². The number of thiazole rings is 1. The first-order valence-corrected chi connectivity index (χ1v) is 9.91. The molecule has 0 unspecified atom stereocenters. The smallest absolute Gasteiger partial charge is 0.246 e. The van der Waals surface area contributed by atoms with Crippen LogP contribution in [0.15, 0.2) is 10.5 Å². The van der Waals surface area contributed by atoms with E-state index >= 15 is 0 Å². The third-order valence-corrected chi connectivity index (χ3v) is 5.62. The summed E-state index contributed by atoms with van der Waals surface area (Å²) in [6.45, 7) is 9.98. The van der Waals surface area contributed by atoms with Crippen molar-refractivity contribution in [1.82, 2.24) is 10.4 Å². The molecule has 1 N–H and O–H groups in total. The minimum atomic E-state index is -0.0950. The van der Waals surface area contributed by atoms with Crippen LogP contribution in [0, 0.1) is 11.3 Å². The van der Waals surface area contributed by atoms with Crippen LogP contribution < -0.4 is 10.3 Å². The average Bonchev–Trinajstić information content (AvgIpc) is 3.00. The number of morpholine rings is 1. The lowest BCUT2D eigenvalue weighted by atomic mass is 9.72. The number of anilines is 1. The van der Waals surface area contributed by atoms with Gasteiger partial charge in [-0.2, -0.15) is 5.10 Å². The Bertz CT molecular complexity index is 635. The zero-order chi connectivity index (χ0) is 17.9. The van der Waals surface area contributed by atoms with E-state index < -0.39 is 0 Å². The summed E-state index contributed by atoms with van der Waals surface area (Å²) in [4.78, 5) is 19.0. The van der Waals surface area contributed by atoms with Crippen LogP contribution in [0.4, 0.5) is 5.13 Å². The normalized spacial score (nSPS) is 25.2. The number of amides is 1. The van der Waals surface area contributed by atoms with Crippen molar-refractivity contribution in [2.45, 2.75) is 46.5 Å². The van der Waals surface area contributed by atoms with E-state index in [2.05, 4.69) is 41.2 Å². The SMILES string of the molecule is C[C@H]1C/C(=N\NC(=O)Cc2csc(N3CCOCC3)n2)CC(C)(C)C1. The Hall–Kier alpha value is -1.47. The first-order valence-electron chi connectivity index (χ1n) is 9.03. The number of hydrogen-bond donors (Lipinski definition) is 1. The van der Waals surface area contributed by atoms with Crippen molar-refractivity contribution in [3.63, 3.8) is 0 Å². The Kier molecular flexibility index (Phi) is 5.74. The highest BCUT2D eigenvalue weighted by molar-refractivity contribution is 7.13. The van der Waals surface area contributed by atoms with Crippen molar-refractivity contribution in [2.24, 2.45) is 16.4 Å². The molecule has 6 nitrogen and oxygen atoms in total. The molecule has 1 aromatic heterocycles. The standard InChI is InChI=1S/C18H28N4O2S/c1-13-8-14(11-18(2,3)10-13)20-21-16(23)9-15-12-25-17(19-15)22-4-6-24-7-5-22/h12-13H,4-11H2,1-3H3,(H,21,23)/b20-14+/t13-/m0/s1. The van der Waals surface area contributed by atoms with Crippen molar-refractivity contribution in [1.29, 1.82) is 0 Å². The van der Waals surface area contributed by atoms with Gasteiger partial charge in [-0.15, -0.1) is 11.3 Å². The van der Waals surface area contributed by atoms with Gasteiger partial charge in [0.15, 0.2) is 5.13 Å². The summed E-state index contributed by atoms with van der Waals surface area (Å²) in [5.74, 6) is 0.524. The van der Waals surface area contributed by atoms with Crippen LogP contribution >= 0.6 is 11.3 Å². The quantitative estimate of drug-likeness (QED) is 0.834. The lowest BCUT2D eigenvalue weighted by molar-refractivity contribution is -0.120. The molecule has 0 aromatic carbocycles. The number of rotatable bonds is 4.